The summed E-state index contributed by atoms with van der Waals surface area (Å²) in [5, 5.41) is 9.36. The topological polar surface area (TPSA) is 29.5 Å². The fourth-order valence-electron chi connectivity index (χ4n) is 1.11. The maximum atomic E-state index is 8.65. The van der Waals surface area contributed by atoms with E-state index in [0.29, 0.717) is 5.02 Å². The van der Waals surface area contributed by atoms with E-state index in [9.17, 15) is 0 Å². The van der Waals surface area contributed by atoms with Crippen LogP contribution in [0.2, 0.25) is 5.02 Å². The summed E-state index contributed by atoms with van der Waals surface area (Å²) >= 11 is 7.53. The molecule has 1 N–H and O–H groups in total. The number of aliphatic hydroxyl groups is 1. The standard InChI is InChI=1S/C10H13ClO2S/c1-13-10-3-2-9(11)6-8(10)7-14-5-4-12/h2-3,6,12H,4-5,7H2,1H3. The van der Waals surface area contributed by atoms with E-state index in [0.717, 1.165) is 22.8 Å². The number of hydrogen-bond acceptors (Lipinski definition) is 3. The number of thioether (sulfide) groups is 1. The molecule has 0 fully saturated rings. The van der Waals surface area contributed by atoms with Gasteiger partial charge in [-0.1, -0.05) is 11.6 Å². The SMILES string of the molecule is COc1ccc(Cl)cc1CSCCO. The molecule has 0 unspecified atom stereocenters. The highest BCUT2D eigenvalue weighted by atomic mass is 35.5. The van der Waals surface area contributed by atoms with Crippen molar-refractivity contribution in [1.29, 1.82) is 0 Å². The van der Waals surface area contributed by atoms with Crippen molar-refractivity contribution in [2.45, 2.75) is 5.75 Å². The number of methoxy groups -OCH3 is 1. The van der Waals surface area contributed by atoms with Gasteiger partial charge in [-0.05, 0) is 18.2 Å². The van der Waals surface area contributed by atoms with E-state index in [4.69, 9.17) is 21.4 Å². The Labute approximate surface area is 93.2 Å². The van der Waals surface area contributed by atoms with Crippen LogP contribution < -0.4 is 4.74 Å². The second-order valence-corrected chi connectivity index (χ2v) is 4.27. The molecule has 0 aliphatic carbocycles. The maximum absolute atomic E-state index is 8.65. The lowest BCUT2D eigenvalue weighted by Gasteiger charge is -2.07. The molecular weight excluding hydrogens is 220 g/mol. The van der Waals surface area contributed by atoms with Gasteiger partial charge in [0.15, 0.2) is 0 Å². The zero-order valence-electron chi connectivity index (χ0n) is 8.00. The Morgan fingerprint density at radius 1 is 1.50 bits per heavy atom. The summed E-state index contributed by atoms with van der Waals surface area (Å²) in [5.41, 5.74) is 1.07. The molecule has 2 nitrogen and oxygen atoms in total. The third-order valence-electron chi connectivity index (χ3n) is 1.74. The van der Waals surface area contributed by atoms with Crippen molar-refractivity contribution < 1.29 is 9.84 Å². The predicted octanol–water partition coefficient (Wildman–Crippen LogP) is 2.57. The molecule has 0 saturated heterocycles. The molecular formula is C10H13ClO2S. The molecule has 0 atom stereocenters. The van der Waals surface area contributed by atoms with E-state index in [-0.39, 0.29) is 6.61 Å². The molecule has 0 aromatic heterocycles. The van der Waals surface area contributed by atoms with Crippen molar-refractivity contribution >= 4 is 23.4 Å². The zero-order valence-corrected chi connectivity index (χ0v) is 9.57. The fraction of sp³-hybridized carbons (Fsp3) is 0.400. The van der Waals surface area contributed by atoms with Crippen molar-refractivity contribution in [1.82, 2.24) is 0 Å². The summed E-state index contributed by atoms with van der Waals surface area (Å²) in [6.07, 6.45) is 0. The van der Waals surface area contributed by atoms with Gasteiger partial charge in [0.25, 0.3) is 0 Å². The molecule has 1 aromatic carbocycles. The second kappa shape index (κ2) is 6.17. The van der Waals surface area contributed by atoms with Crippen molar-refractivity contribution in [2.75, 3.05) is 19.5 Å². The molecule has 78 valence electrons. The van der Waals surface area contributed by atoms with Crippen LogP contribution in [0.3, 0.4) is 0 Å². The first-order chi connectivity index (χ1) is 6.77. The first-order valence-electron chi connectivity index (χ1n) is 4.29. The predicted molar refractivity (Wildman–Crippen MR) is 61.3 cm³/mol. The van der Waals surface area contributed by atoms with Gasteiger partial charge in [-0.25, -0.2) is 0 Å². The van der Waals surface area contributed by atoms with Gasteiger partial charge in [0.2, 0.25) is 0 Å². The lowest BCUT2D eigenvalue weighted by Crippen LogP contribution is -1.92. The number of hydrogen-bond donors (Lipinski definition) is 1. The van der Waals surface area contributed by atoms with Crippen LogP contribution in [0.4, 0.5) is 0 Å². The lowest BCUT2D eigenvalue weighted by molar-refractivity contribution is 0.322. The average Bonchev–Trinajstić information content (AvgIpc) is 2.19. The number of benzene rings is 1. The summed E-state index contributed by atoms with van der Waals surface area (Å²) < 4.78 is 5.20. The quantitative estimate of drug-likeness (QED) is 0.792. The second-order valence-electron chi connectivity index (χ2n) is 2.73. The Bertz CT molecular complexity index is 291. The highest BCUT2D eigenvalue weighted by Gasteiger charge is 2.03. The minimum Gasteiger partial charge on any atom is -0.496 e. The number of rotatable bonds is 5. The van der Waals surface area contributed by atoms with Gasteiger partial charge in [0, 0.05) is 22.1 Å². The van der Waals surface area contributed by atoms with E-state index < -0.39 is 0 Å². The van der Waals surface area contributed by atoms with Crippen LogP contribution in [-0.2, 0) is 5.75 Å². The maximum Gasteiger partial charge on any atom is 0.122 e. The summed E-state index contributed by atoms with van der Waals surface area (Å²) in [7, 11) is 1.64. The molecule has 14 heavy (non-hydrogen) atoms. The molecule has 0 saturated carbocycles. The van der Waals surface area contributed by atoms with E-state index in [1.54, 1.807) is 24.9 Å². The van der Waals surface area contributed by atoms with Crippen molar-refractivity contribution in [3.63, 3.8) is 0 Å². The molecule has 0 radical (unpaired) electrons. The Kier molecular flexibility index (Phi) is 5.15. The Morgan fingerprint density at radius 2 is 2.29 bits per heavy atom. The van der Waals surface area contributed by atoms with Crippen molar-refractivity contribution in [3.05, 3.63) is 28.8 Å². The molecule has 0 aliphatic heterocycles. The van der Waals surface area contributed by atoms with Crippen LogP contribution in [0.15, 0.2) is 18.2 Å². The average molecular weight is 233 g/mol. The largest absolute Gasteiger partial charge is 0.496 e. The molecule has 1 rings (SSSR count). The Morgan fingerprint density at radius 3 is 2.93 bits per heavy atom. The molecule has 1 aromatic rings. The monoisotopic (exact) mass is 232 g/mol. The van der Waals surface area contributed by atoms with Gasteiger partial charge in [0.05, 0.1) is 13.7 Å². The minimum absolute atomic E-state index is 0.202. The normalized spacial score (nSPS) is 10.2. The van der Waals surface area contributed by atoms with E-state index >= 15 is 0 Å². The van der Waals surface area contributed by atoms with Crippen LogP contribution in [0.25, 0.3) is 0 Å². The highest BCUT2D eigenvalue weighted by Crippen LogP contribution is 2.26. The summed E-state index contributed by atoms with van der Waals surface area (Å²) in [6, 6.07) is 5.56. The first-order valence-corrected chi connectivity index (χ1v) is 5.82. The van der Waals surface area contributed by atoms with Crippen LogP contribution >= 0.6 is 23.4 Å². The smallest absolute Gasteiger partial charge is 0.122 e. The molecule has 4 heteroatoms. The van der Waals surface area contributed by atoms with Crippen LogP contribution in [-0.4, -0.2) is 24.6 Å². The van der Waals surface area contributed by atoms with Crippen LogP contribution in [0.5, 0.6) is 5.75 Å². The summed E-state index contributed by atoms with van der Waals surface area (Å²) in [4.78, 5) is 0. The van der Waals surface area contributed by atoms with Crippen molar-refractivity contribution in [3.8, 4) is 5.75 Å². The third-order valence-corrected chi connectivity index (χ3v) is 2.96. The molecule has 0 spiro atoms. The highest BCUT2D eigenvalue weighted by molar-refractivity contribution is 7.98. The van der Waals surface area contributed by atoms with Gasteiger partial charge < -0.3 is 9.84 Å². The van der Waals surface area contributed by atoms with Gasteiger partial charge in [-0.3, -0.25) is 0 Å². The van der Waals surface area contributed by atoms with Gasteiger partial charge >= 0.3 is 0 Å². The van der Waals surface area contributed by atoms with Gasteiger partial charge in [-0.2, -0.15) is 11.8 Å². The fourth-order valence-corrected chi connectivity index (χ4v) is 2.02. The summed E-state index contributed by atoms with van der Waals surface area (Å²) in [5.74, 6) is 2.39. The number of ether oxygens (including phenoxy) is 1. The molecule has 0 aliphatic rings. The molecule has 0 bridgehead atoms. The number of halogens is 1. The Balaban J connectivity index is 2.67. The minimum atomic E-state index is 0.202. The zero-order chi connectivity index (χ0) is 10.4. The third kappa shape index (κ3) is 3.40. The lowest BCUT2D eigenvalue weighted by atomic mass is 10.2. The first kappa shape index (κ1) is 11.7. The van der Waals surface area contributed by atoms with E-state index in [1.165, 1.54) is 0 Å². The van der Waals surface area contributed by atoms with Gasteiger partial charge in [-0.15, -0.1) is 0 Å². The van der Waals surface area contributed by atoms with Gasteiger partial charge in [0.1, 0.15) is 5.75 Å². The van der Waals surface area contributed by atoms with Crippen LogP contribution in [0.1, 0.15) is 5.56 Å². The number of aliphatic hydroxyl groups excluding tert-OH is 1. The van der Waals surface area contributed by atoms with Crippen LogP contribution in [0, 0.1) is 0 Å². The molecule has 0 heterocycles. The summed E-state index contributed by atoms with van der Waals surface area (Å²) in [6.45, 7) is 0.202. The molecule has 0 amide bonds. The van der Waals surface area contributed by atoms with Crippen molar-refractivity contribution in [2.24, 2.45) is 0 Å². The Hall–Kier alpha value is -0.380. The van der Waals surface area contributed by atoms with E-state index in [1.807, 2.05) is 12.1 Å². The van der Waals surface area contributed by atoms with E-state index in [2.05, 4.69) is 0 Å².